The molecule has 20 heavy (non-hydrogen) atoms. The lowest BCUT2D eigenvalue weighted by Crippen LogP contribution is -2.29. The molecule has 2 aromatic rings. The van der Waals surface area contributed by atoms with Gasteiger partial charge in [0, 0.05) is 13.1 Å². The van der Waals surface area contributed by atoms with Gasteiger partial charge in [-0.1, -0.05) is 12.1 Å². The van der Waals surface area contributed by atoms with Crippen LogP contribution in [-0.4, -0.2) is 24.1 Å². The number of rotatable bonds is 4. The molecule has 0 radical (unpaired) electrons. The van der Waals surface area contributed by atoms with E-state index < -0.39 is 10.0 Å². The van der Waals surface area contributed by atoms with Crippen LogP contribution in [0.1, 0.15) is 24.2 Å². The molecule has 2 rings (SSSR count). The molecule has 108 valence electrons. The Kier molecular flexibility index (Phi) is 4.22. The molecule has 0 amide bonds. The van der Waals surface area contributed by atoms with Crippen molar-refractivity contribution in [1.29, 1.82) is 0 Å². The molecule has 1 aromatic carbocycles. The van der Waals surface area contributed by atoms with Gasteiger partial charge in [0.1, 0.15) is 5.82 Å². The lowest BCUT2D eigenvalue weighted by Gasteiger charge is -2.23. The first kappa shape index (κ1) is 15.1. The summed E-state index contributed by atoms with van der Waals surface area (Å²) < 4.78 is 43.3. The molecule has 4 nitrogen and oxygen atoms in total. The van der Waals surface area contributed by atoms with E-state index >= 15 is 0 Å². The van der Waals surface area contributed by atoms with Crippen LogP contribution in [-0.2, 0) is 10.0 Å². The molecular formula is C13H15FN2O2S2. The molecule has 0 saturated heterocycles. The maximum atomic E-state index is 12.9. The number of aryl methyl sites for hydroxylation is 1. The lowest BCUT2D eigenvalue weighted by molar-refractivity contribution is 0.399. The van der Waals surface area contributed by atoms with Crippen molar-refractivity contribution in [1.82, 2.24) is 8.68 Å². The zero-order valence-electron chi connectivity index (χ0n) is 11.4. The highest BCUT2D eigenvalue weighted by Gasteiger charge is 2.28. The Hall–Kier alpha value is -1.31. The van der Waals surface area contributed by atoms with E-state index in [4.69, 9.17) is 0 Å². The maximum Gasteiger partial charge on any atom is 0.254 e. The summed E-state index contributed by atoms with van der Waals surface area (Å²) in [7, 11) is -2.07. The monoisotopic (exact) mass is 314 g/mol. The molecule has 1 atom stereocenters. The fourth-order valence-electron chi connectivity index (χ4n) is 1.76. The number of halogens is 1. The molecule has 7 heteroatoms. The molecular weight excluding hydrogens is 299 g/mol. The fourth-order valence-corrected chi connectivity index (χ4v) is 4.26. The van der Waals surface area contributed by atoms with Gasteiger partial charge in [-0.05, 0) is 49.1 Å². The molecule has 0 bridgehead atoms. The highest BCUT2D eigenvalue weighted by Crippen LogP contribution is 2.27. The largest absolute Gasteiger partial charge is 0.254 e. The number of hydrogen-bond acceptors (Lipinski definition) is 4. The summed E-state index contributed by atoms with van der Waals surface area (Å²) >= 11 is 0.960. The standard InChI is InChI=1S/C13H15FN2O2S2/c1-9-8-13(19-15-9)20(17,18)16(3)10(2)11-4-6-12(14)7-5-11/h4-8,10H,1-3H3. The van der Waals surface area contributed by atoms with Crippen LogP contribution < -0.4 is 0 Å². The molecule has 0 aliphatic carbocycles. The first-order valence-electron chi connectivity index (χ1n) is 5.99. The number of benzene rings is 1. The summed E-state index contributed by atoms with van der Waals surface area (Å²) in [5.41, 5.74) is 1.41. The van der Waals surface area contributed by atoms with Crippen LogP contribution in [0.5, 0.6) is 0 Å². The molecule has 0 aliphatic rings. The quantitative estimate of drug-likeness (QED) is 0.872. The van der Waals surface area contributed by atoms with Crippen LogP contribution in [0.25, 0.3) is 0 Å². The second kappa shape index (κ2) is 5.59. The van der Waals surface area contributed by atoms with Gasteiger partial charge in [-0.15, -0.1) is 0 Å². The second-order valence-electron chi connectivity index (χ2n) is 4.54. The Morgan fingerprint density at radius 2 is 1.90 bits per heavy atom. The van der Waals surface area contributed by atoms with Crippen LogP contribution in [0.4, 0.5) is 4.39 Å². The van der Waals surface area contributed by atoms with Gasteiger partial charge in [0.15, 0.2) is 4.21 Å². The average molecular weight is 314 g/mol. The van der Waals surface area contributed by atoms with Gasteiger partial charge in [0.05, 0.1) is 5.69 Å². The predicted molar refractivity (Wildman–Crippen MR) is 76.6 cm³/mol. The topological polar surface area (TPSA) is 50.3 Å². The normalized spacial score (nSPS) is 13.7. The zero-order chi connectivity index (χ0) is 14.9. The fraction of sp³-hybridized carbons (Fsp3) is 0.308. The minimum absolute atomic E-state index is 0.214. The minimum atomic E-state index is -3.58. The molecule has 0 N–H and O–H groups in total. The Labute approximate surface area is 122 Å². The van der Waals surface area contributed by atoms with Crippen molar-refractivity contribution in [3.63, 3.8) is 0 Å². The molecule has 0 spiro atoms. The summed E-state index contributed by atoms with van der Waals surface area (Å²) in [4.78, 5) is 0. The van der Waals surface area contributed by atoms with Crippen LogP contribution in [0, 0.1) is 12.7 Å². The van der Waals surface area contributed by atoms with Gasteiger partial charge in [0.25, 0.3) is 10.0 Å². The van der Waals surface area contributed by atoms with Crippen molar-refractivity contribution in [2.24, 2.45) is 0 Å². The number of aromatic nitrogens is 1. The number of sulfonamides is 1. The molecule has 0 saturated carbocycles. The number of hydrogen-bond donors (Lipinski definition) is 0. The van der Waals surface area contributed by atoms with E-state index in [1.165, 1.54) is 23.5 Å². The van der Waals surface area contributed by atoms with Gasteiger partial charge < -0.3 is 0 Å². The third kappa shape index (κ3) is 2.89. The van der Waals surface area contributed by atoms with E-state index in [9.17, 15) is 12.8 Å². The Balaban J connectivity index is 2.30. The Morgan fingerprint density at radius 1 is 1.30 bits per heavy atom. The van der Waals surface area contributed by atoms with Gasteiger partial charge in [-0.25, -0.2) is 12.8 Å². The molecule has 1 unspecified atom stereocenters. The third-order valence-corrected chi connectivity index (χ3v) is 6.37. The molecule has 0 aliphatic heterocycles. The van der Waals surface area contributed by atoms with Crippen LogP contribution in [0.3, 0.4) is 0 Å². The third-order valence-electron chi connectivity index (χ3n) is 3.14. The Bertz CT molecular complexity index is 695. The van der Waals surface area contributed by atoms with Gasteiger partial charge >= 0.3 is 0 Å². The SMILES string of the molecule is Cc1cc(S(=O)(=O)N(C)C(C)c2ccc(F)cc2)sn1. The molecule has 1 aromatic heterocycles. The number of nitrogens with zero attached hydrogens (tertiary/aromatic N) is 2. The van der Waals surface area contributed by atoms with E-state index in [0.717, 1.165) is 17.1 Å². The highest BCUT2D eigenvalue weighted by molar-refractivity contribution is 7.91. The van der Waals surface area contributed by atoms with Crippen LogP contribution >= 0.6 is 11.5 Å². The summed E-state index contributed by atoms with van der Waals surface area (Å²) in [5.74, 6) is -0.343. The second-order valence-corrected chi connectivity index (χ2v) is 7.57. The van der Waals surface area contributed by atoms with E-state index in [1.54, 1.807) is 32.0 Å². The van der Waals surface area contributed by atoms with E-state index in [0.29, 0.717) is 5.69 Å². The maximum absolute atomic E-state index is 12.9. The average Bonchev–Trinajstić information content (AvgIpc) is 2.85. The van der Waals surface area contributed by atoms with Crippen LogP contribution in [0.15, 0.2) is 34.5 Å². The van der Waals surface area contributed by atoms with Crippen molar-refractivity contribution in [2.75, 3.05) is 7.05 Å². The lowest BCUT2D eigenvalue weighted by atomic mass is 10.1. The van der Waals surface area contributed by atoms with E-state index in [-0.39, 0.29) is 16.1 Å². The Morgan fingerprint density at radius 3 is 2.40 bits per heavy atom. The smallest absolute Gasteiger partial charge is 0.207 e. The van der Waals surface area contributed by atoms with E-state index in [1.807, 2.05) is 0 Å². The summed E-state index contributed by atoms with van der Waals surface area (Å²) in [6, 6.07) is 6.98. The molecule has 0 fully saturated rings. The summed E-state index contributed by atoms with van der Waals surface area (Å²) in [6.45, 7) is 3.51. The zero-order valence-corrected chi connectivity index (χ0v) is 13.0. The van der Waals surface area contributed by atoms with Crippen molar-refractivity contribution in [3.8, 4) is 0 Å². The van der Waals surface area contributed by atoms with Crippen molar-refractivity contribution < 1.29 is 12.8 Å². The molecule has 1 heterocycles. The van der Waals surface area contributed by atoms with Crippen molar-refractivity contribution >= 4 is 21.6 Å². The summed E-state index contributed by atoms with van der Waals surface area (Å²) in [5, 5.41) is 0. The van der Waals surface area contributed by atoms with Gasteiger partial charge in [0.2, 0.25) is 0 Å². The minimum Gasteiger partial charge on any atom is -0.207 e. The van der Waals surface area contributed by atoms with E-state index in [2.05, 4.69) is 4.37 Å². The predicted octanol–water partition coefficient (Wildman–Crippen LogP) is 2.97. The first-order chi connectivity index (χ1) is 9.32. The first-order valence-corrected chi connectivity index (χ1v) is 8.20. The van der Waals surface area contributed by atoms with Gasteiger partial charge in [-0.2, -0.15) is 8.68 Å². The van der Waals surface area contributed by atoms with Crippen molar-refractivity contribution in [3.05, 3.63) is 47.4 Å². The van der Waals surface area contributed by atoms with Crippen molar-refractivity contribution in [2.45, 2.75) is 24.1 Å². The summed E-state index contributed by atoms with van der Waals surface area (Å²) in [6.07, 6.45) is 0. The van der Waals surface area contributed by atoms with Crippen LogP contribution in [0.2, 0.25) is 0 Å². The highest BCUT2D eigenvalue weighted by atomic mass is 32.2. The van der Waals surface area contributed by atoms with Gasteiger partial charge in [-0.3, -0.25) is 0 Å².